The molecule has 0 aromatic carbocycles. The summed E-state index contributed by atoms with van der Waals surface area (Å²) in [5.41, 5.74) is 6.55. The van der Waals surface area contributed by atoms with Gasteiger partial charge >= 0.3 is 35.8 Å². The smallest absolute Gasteiger partial charge is 0.305 e. The zero-order valence-corrected chi connectivity index (χ0v) is 46.9. The van der Waals surface area contributed by atoms with Gasteiger partial charge in [0.1, 0.15) is 30.2 Å². The minimum Gasteiger partial charge on any atom is -0.481 e. The summed E-state index contributed by atoms with van der Waals surface area (Å²) in [4.78, 5) is 162. The molecular formula is C50H78N14O21. The van der Waals surface area contributed by atoms with Crippen LogP contribution in [0.25, 0.3) is 0 Å². The number of carbonyl (C=O) groups excluding carboxylic acids is 7. The first-order valence-corrected chi connectivity index (χ1v) is 27.5. The number of nitrogens with one attached hydrogen (secondary N) is 7. The molecule has 474 valence electrons. The highest BCUT2D eigenvalue weighted by Crippen LogP contribution is 2.09. The maximum atomic E-state index is 13.7. The van der Waals surface area contributed by atoms with E-state index in [0.29, 0.717) is 63.0 Å². The Morgan fingerprint density at radius 3 is 1.24 bits per heavy atom. The van der Waals surface area contributed by atoms with Gasteiger partial charge in [-0.15, -0.1) is 10.2 Å². The molecule has 0 spiro atoms. The van der Waals surface area contributed by atoms with Gasteiger partial charge in [0.25, 0.3) is 0 Å². The number of aliphatic carboxylic acids is 6. The number of unbranched alkanes of at least 4 members (excludes halogenated alkanes) is 3. The molecule has 0 radical (unpaired) electrons. The van der Waals surface area contributed by atoms with Crippen molar-refractivity contribution in [2.24, 2.45) is 5.73 Å². The third-order valence-electron chi connectivity index (χ3n) is 12.0. The normalized spacial score (nSPS) is 12.7. The third kappa shape index (κ3) is 33.8. The van der Waals surface area contributed by atoms with E-state index in [1.54, 1.807) is 12.4 Å². The predicted molar refractivity (Wildman–Crippen MR) is 288 cm³/mol. The van der Waals surface area contributed by atoms with Crippen molar-refractivity contribution in [3.63, 3.8) is 0 Å². The van der Waals surface area contributed by atoms with Crippen LogP contribution in [0, 0.1) is 0 Å². The van der Waals surface area contributed by atoms with Crippen LogP contribution in [0.3, 0.4) is 0 Å². The number of nitrogens with zero attached hydrogens (tertiary/aromatic N) is 6. The number of nitrogens with two attached hydrogens (primary N) is 1. The van der Waals surface area contributed by atoms with E-state index in [0.717, 1.165) is 0 Å². The summed E-state index contributed by atoms with van der Waals surface area (Å²) in [6, 6.07) is -8.67. The zero-order chi connectivity index (χ0) is 63.1. The van der Waals surface area contributed by atoms with Crippen LogP contribution in [0.2, 0.25) is 0 Å². The highest BCUT2D eigenvalue weighted by molar-refractivity contribution is 5.97. The molecule has 2 heterocycles. The second-order valence-corrected chi connectivity index (χ2v) is 19.3. The van der Waals surface area contributed by atoms with E-state index in [1.165, 1.54) is 9.36 Å². The van der Waals surface area contributed by atoms with E-state index < -0.39 is 133 Å². The topological polar surface area (TPSA) is 533 Å². The number of amides is 7. The number of hydrogen-bond acceptors (Lipinski definition) is 20. The highest BCUT2D eigenvalue weighted by Gasteiger charge is 2.33. The Bertz CT molecular complexity index is 2530. The van der Waals surface area contributed by atoms with Crippen LogP contribution < -0.4 is 43.0 Å². The van der Waals surface area contributed by atoms with Gasteiger partial charge in [-0.3, -0.25) is 71.7 Å². The number of ether oxygens (including phenoxy) is 2. The molecule has 2 rings (SSSR count). The van der Waals surface area contributed by atoms with Crippen LogP contribution in [0.4, 0.5) is 0 Å². The standard InChI is InChI=1S/C50H78N14O21/c51-16-21-84-23-24-85-22-18-53-46(79)33(56-50(83)37(28-45(77)78)58-49(82)36(27-44(75)76)55-39(66)13-3-6-20-64-30-32(60-62-64)10-8-15-41(69)70)11-1-4-17-52-47(80)34(25-42(71)72)57-48(81)35(26-43(73)74)54-38(65)12-2-5-19-63-29-31(59-61-63)9-7-14-40(67)68/h29-30,33-37H,1-28,51H2,(H,52,80)(H,53,79)(H,54,65)(H,55,66)(H,56,83)(H,57,81)(H,58,82)(H,67,68)(H,69,70)(H,71,72)(H,73,74)(H,75,76)(H,77,78). The fourth-order valence-corrected chi connectivity index (χ4v) is 7.82. The lowest BCUT2D eigenvalue weighted by atomic mass is 10.1. The Kier molecular flexibility index (Phi) is 35.2. The molecule has 7 amide bonds. The Labute approximate surface area is 486 Å². The summed E-state index contributed by atoms with van der Waals surface area (Å²) in [5.74, 6) is -15.0. The SMILES string of the molecule is NCCOCCOCCNC(=O)C(CCCCNC(=O)C(CC(=O)O)NC(=O)C(CC(=O)O)NC(=O)CCCCn1cc(CCCC(=O)O)nn1)NC(=O)C(CC(=O)O)NC(=O)C(CC(=O)O)NC(=O)CCCCn1cc(CCCC(=O)O)nn1. The first kappa shape index (κ1) is 72.4. The number of carboxylic acid groups (broad SMARTS) is 6. The molecule has 5 atom stereocenters. The number of hydrogen-bond donors (Lipinski definition) is 14. The molecule has 35 heteroatoms. The molecule has 15 N–H and O–H groups in total. The first-order valence-electron chi connectivity index (χ1n) is 27.5. The average molecular weight is 1210 g/mol. The Morgan fingerprint density at radius 1 is 0.424 bits per heavy atom. The van der Waals surface area contributed by atoms with E-state index in [1.807, 2.05) is 0 Å². The molecule has 85 heavy (non-hydrogen) atoms. The van der Waals surface area contributed by atoms with E-state index in [-0.39, 0.29) is 104 Å². The lowest BCUT2D eigenvalue weighted by molar-refractivity contribution is -0.143. The van der Waals surface area contributed by atoms with Gasteiger partial charge in [-0.25, -0.2) is 0 Å². The molecule has 0 fully saturated rings. The average Bonchev–Trinajstić information content (AvgIpc) is 4.24. The van der Waals surface area contributed by atoms with E-state index in [4.69, 9.17) is 25.4 Å². The van der Waals surface area contributed by atoms with Crippen LogP contribution in [0.5, 0.6) is 0 Å². The Hall–Kier alpha value is -8.73. The summed E-state index contributed by atoms with van der Waals surface area (Å²) in [6.07, 6.45) is 1.52. The van der Waals surface area contributed by atoms with Gasteiger partial charge in [-0.1, -0.05) is 10.4 Å². The molecule has 2 aromatic rings. The van der Waals surface area contributed by atoms with Crippen molar-refractivity contribution in [1.82, 2.24) is 67.2 Å². The number of aryl methyl sites for hydroxylation is 4. The van der Waals surface area contributed by atoms with Crippen molar-refractivity contribution < 1.29 is 102 Å². The fourth-order valence-electron chi connectivity index (χ4n) is 7.82. The van der Waals surface area contributed by atoms with Gasteiger partial charge in [0.05, 0.1) is 63.5 Å². The van der Waals surface area contributed by atoms with Gasteiger partial charge in [-0.05, 0) is 70.6 Å². The monoisotopic (exact) mass is 1210 g/mol. The van der Waals surface area contributed by atoms with Crippen LogP contribution in [0.15, 0.2) is 12.4 Å². The summed E-state index contributed by atoms with van der Waals surface area (Å²) >= 11 is 0. The first-order chi connectivity index (χ1) is 40.4. The van der Waals surface area contributed by atoms with Crippen LogP contribution in [-0.2, 0) is 97.7 Å². The van der Waals surface area contributed by atoms with E-state index >= 15 is 0 Å². The van der Waals surface area contributed by atoms with Gasteiger partial charge < -0.3 is 83.1 Å². The number of carboxylic acids is 6. The van der Waals surface area contributed by atoms with Crippen LogP contribution >= 0.6 is 0 Å². The molecule has 35 nitrogen and oxygen atoms in total. The lowest BCUT2D eigenvalue weighted by Crippen LogP contribution is -2.57. The predicted octanol–water partition coefficient (Wildman–Crippen LogP) is -3.56. The number of rotatable bonds is 49. The molecule has 0 aliphatic heterocycles. The third-order valence-corrected chi connectivity index (χ3v) is 12.0. The molecule has 0 aliphatic rings. The summed E-state index contributed by atoms with van der Waals surface area (Å²) in [7, 11) is 0. The fraction of sp³-hybridized carbons (Fsp3) is 0.660. The van der Waals surface area contributed by atoms with Crippen molar-refractivity contribution in [3.8, 4) is 0 Å². The summed E-state index contributed by atoms with van der Waals surface area (Å²) < 4.78 is 13.6. The van der Waals surface area contributed by atoms with Crippen LogP contribution in [0.1, 0.15) is 121 Å². The van der Waals surface area contributed by atoms with E-state index in [9.17, 15) is 82.8 Å². The maximum absolute atomic E-state index is 13.7. The number of aromatic nitrogens is 6. The van der Waals surface area contributed by atoms with Crippen LogP contribution in [-0.4, -0.2) is 214 Å². The largest absolute Gasteiger partial charge is 0.481 e. The second kappa shape index (κ2) is 41.3. The molecule has 0 saturated heterocycles. The Morgan fingerprint density at radius 2 is 0.812 bits per heavy atom. The van der Waals surface area contributed by atoms with Gasteiger partial charge in [0.2, 0.25) is 41.4 Å². The second-order valence-electron chi connectivity index (χ2n) is 19.3. The van der Waals surface area contributed by atoms with Gasteiger partial charge in [0, 0.05) is 70.8 Å². The van der Waals surface area contributed by atoms with Gasteiger partial charge in [0.15, 0.2) is 0 Å². The van der Waals surface area contributed by atoms with Crippen molar-refractivity contribution in [2.75, 3.05) is 46.1 Å². The lowest BCUT2D eigenvalue weighted by Gasteiger charge is -2.24. The van der Waals surface area contributed by atoms with Crippen molar-refractivity contribution in [2.45, 2.75) is 165 Å². The van der Waals surface area contributed by atoms with Crippen molar-refractivity contribution in [1.29, 1.82) is 0 Å². The van der Waals surface area contributed by atoms with Crippen molar-refractivity contribution in [3.05, 3.63) is 23.8 Å². The molecule has 0 saturated carbocycles. The summed E-state index contributed by atoms with van der Waals surface area (Å²) in [6.45, 7) is 1.22. The van der Waals surface area contributed by atoms with E-state index in [2.05, 4.69) is 57.8 Å². The van der Waals surface area contributed by atoms with Gasteiger partial charge in [-0.2, -0.15) is 0 Å². The Balaban J connectivity index is 2.08. The molecule has 5 unspecified atom stereocenters. The quantitative estimate of drug-likeness (QED) is 0.0285. The maximum Gasteiger partial charge on any atom is 0.305 e. The minimum absolute atomic E-state index is 0.0158. The highest BCUT2D eigenvalue weighted by atomic mass is 16.5. The molecule has 2 aromatic heterocycles. The molecular weight excluding hydrogens is 1130 g/mol. The summed E-state index contributed by atoms with van der Waals surface area (Å²) in [5, 5.41) is 88.1. The van der Waals surface area contributed by atoms with Crippen molar-refractivity contribution >= 4 is 77.2 Å². The zero-order valence-electron chi connectivity index (χ0n) is 46.9. The minimum atomic E-state index is -1.93. The number of carbonyl (C=O) groups is 13. The molecule has 0 bridgehead atoms. The molecule has 0 aliphatic carbocycles.